The first-order valence-electron chi connectivity index (χ1n) is 15.9. The summed E-state index contributed by atoms with van der Waals surface area (Å²) in [4.78, 5) is 0.285. The van der Waals surface area contributed by atoms with Gasteiger partial charge in [-0.25, -0.2) is 8.42 Å². The van der Waals surface area contributed by atoms with E-state index in [-0.39, 0.29) is 22.0 Å². The van der Waals surface area contributed by atoms with Crippen LogP contribution in [0.1, 0.15) is 34.2 Å². The summed E-state index contributed by atoms with van der Waals surface area (Å²) in [5.41, 5.74) is 4.83. The molecule has 0 amide bonds. The number of ether oxygens (including phenoxy) is 1. The van der Waals surface area contributed by atoms with Crippen molar-refractivity contribution in [2.45, 2.75) is 16.9 Å². The molecule has 0 saturated carbocycles. The third-order valence-electron chi connectivity index (χ3n) is 8.71. The van der Waals surface area contributed by atoms with Gasteiger partial charge in [-0.2, -0.15) is 10.5 Å². The SMILES string of the molecule is N#Cc1ccccc1Nc1ccc(C2=C(S(=O)(=O)c3ccc(Nc4ccccc4C#N)cc3)CC(c3ccccc3)(c3ccccc3)O2)cc1. The molecule has 0 fully saturated rings. The molecule has 0 spiro atoms. The summed E-state index contributed by atoms with van der Waals surface area (Å²) < 4.78 is 36.3. The number of hydrogen-bond acceptors (Lipinski definition) is 7. The number of nitrogens with one attached hydrogen (secondary N) is 2. The Bertz CT molecular complexity index is 2360. The van der Waals surface area contributed by atoms with Crippen LogP contribution in [0.3, 0.4) is 0 Å². The van der Waals surface area contributed by atoms with Crippen molar-refractivity contribution in [3.05, 3.63) is 190 Å². The summed E-state index contributed by atoms with van der Waals surface area (Å²) in [6, 6.07) is 52.0. The molecule has 0 aliphatic carbocycles. The maximum Gasteiger partial charge on any atom is 0.206 e. The van der Waals surface area contributed by atoms with Crippen molar-refractivity contribution in [2.75, 3.05) is 10.6 Å². The molecule has 0 aromatic heterocycles. The first-order valence-corrected chi connectivity index (χ1v) is 17.4. The fourth-order valence-corrected chi connectivity index (χ4v) is 7.74. The number of benzene rings is 6. The van der Waals surface area contributed by atoms with Gasteiger partial charge in [-0.05, 0) is 72.8 Å². The van der Waals surface area contributed by atoms with Crippen LogP contribution in [-0.4, -0.2) is 8.42 Å². The number of sulfone groups is 1. The van der Waals surface area contributed by atoms with E-state index in [2.05, 4.69) is 22.8 Å². The van der Waals surface area contributed by atoms with E-state index in [0.29, 0.717) is 33.8 Å². The van der Waals surface area contributed by atoms with E-state index in [4.69, 9.17) is 4.74 Å². The molecule has 1 aliphatic rings. The predicted octanol–water partition coefficient (Wildman–Crippen LogP) is 9.42. The highest BCUT2D eigenvalue weighted by Gasteiger charge is 2.48. The summed E-state index contributed by atoms with van der Waals surface area (Å²) >= 11 is 0. The number of nitriles is 2. The van der Waals surface area contributed by atoms with Gasteiger partial charge < -0.3 is 15.4 Å². The van der Waals surface area contributed by atoms with E-state index in [9.17, 15) is 18.9 Å². The lowest BCUT2D eigenvalue weighted by Crippen LogP contribution is -2.27. The fraction of sp³-hybridized carbons (Fsp3) is 0.0476. The lowest BCUT2D eigenvalue weighted by molar-refractivity contribution is 0.101. The Morgan fingerprint density at radius 3 is 1.48 bits per heavy atom. The van der Waals surface area contributed by atoms with E-state index in [0.717, 1.165) is 16.8 Å². The van der Waals surface area contributed by atoms with Gasteiger partial charge in [-0.3, -0.25) is 0 Å². The van der Waals surface area contributed by atoms with Crippen molar-refractivity contribution in [1.29, 1.82) is 10.5 Å². The highest BCUT2D eigenvalue weighted by Crippen LogP contribution is 2.52. The Hall–Kier alpha value is -6.61. The Kier molecular flexibility index (Phi) is 8.62. The van der Waals surface area contributed by atoms with Gasteiger partial charge in [0.25, 0.3) is 0 Å². The minimum absolute atomic E-state index is 0.0732. The van der Waals surface area contributed by atoms with Crippen LogP contribution in [0.2, 0.25) is 0 Å². The Labute approximate surface area is 291 Å². The first-order chi connectivity index (χ1) is 24.4. The zero-order chi connectivity index (χ0) is 34.6. The Morgan fingerprint density at radius 1 is 0.560 bits per heavy atom. The predicted molar refractivity (Wildman–Crippen MR) is 195 cm³/mol. The summed E-state index contributed by atoms with van der Waals surface area (Å²) in [7, 11) is -4.07. The summed E-state index contributed by atoms with van der Waals surface area (Å²) in [5, 5.41) is 25.5. The van der Waals surface area contributed by atoms with Gasteiger partial charge >= 0.3 is 0 Å². The van der Waals surface area contributed by atoms with Crippen molar-refractivity contribution >= 4 is 38.3 Å². The average molecular weight is 671 g/mol. The smallest absolute Gasteiger partial charge is 0.206 e. The Morgan fingerprint density at radius 2 is 1.00 bits per heavy atom. The van der Waals surface area contributed by atoms with Crippen LogP contribution >= 0.6 is 0 Å². The molecule has 1 heterocycles. The van der Waals surface area contributed by atoms with Crippen LogP contribution in [0.5, 0.6) is 0 Å². The molecule has 7 rings (SSSR count). The lowest BCUT2D eigenvalue weighted by Gasteiger charge is -2.31. The molecule has 50 heavy (non-hydrogen) atoms. The lowest BCUT2D eigenvalue weighted by atomic mass is 9.84. The molecule has 1 aliphatic heterocycles. The van der Waals surface area contributed by atoms with Crippen LogP contribution in [-0.2, 0) is 20.2 Å². The second-order valence-electron chi connectivity index (χ2n) is 11.8. The highest BCUT2D eigenvalue weighted by molar-refractivity contribution is 7.95. The molecule has 0 bridgehead atoms. The first kappa shape index (κ1) is 32.0. The van der Waals surface area contributed by atoms with Crippen LogP contribution in [0.25, 0.3) is 5.76 Å². The second kappa shape index (κ2) is 13.5. The number of hydrogen-bond donors (Lipinski definition) is 2. The fourth-order valence-electron chi connectivity index (χ4n) is 6.17. The molecule has 0 unspecified atom stereocenters. The normalized spacial score (nSPS) is 13.5. The monoisotopic (exact) mass is 670 g/mol. The largest absolute Gasteiger partial charge is 0.476 e. The van der Waals surface area contributed by atoms with Crippen molar-refractivity contribution in [1.82, 2.24) is 0 Å². The minimum Gasteiger partial charge on any atom is -0.476 e. The maximum atomic E-state index is 14.7. The zero-order valence-corrected chi connectivity index (χ0v) is 27.6. The van der Waals surface area contributed by atoms with Crippen LogP contribution in [0.15, 0.2) is 168 Å². The third kappa shape index (κ3) is 6.08. The van der Waals surface area contributed by atoms with Gasteiger partial charge in [-0.1, -0.05) is 84.9 Å². The van der Waals surface area contributed by atoms with Gasteiger partial charge in [0, 0.05) is 34.5 Å². The summed E-state index contributed by atoms with van der Waals surface area (Å²) in [6.45, 7) is 0. The summed E-state index contributed by atoms with van der Waals surface area (Å²) in [5.74, 6) is 0.270. The quantitative estimate of drug-likeness (QED) is 0.157. The Balaban J connectivity index is 1.30. The molecule has 8 heteroatoms. The van der Waals surface area contributed by atoms with E-state index in [1.807, 2.05) is 109 Å². The van der Waals surface area contributed by atoms with Crippen LogP contribution in [0, 0.1) is 22.7 Å². The van der Waals surface area contributed by atoms with E-state index in [1.54, 1.807) is 48.5 Å². The van der Waals surface area contributed by atoms with Gasteiger partial charge in [0.05, 0.1) is 32.3 Å². The average Bonchev–Trinajstić information content (AvgIpc) is 3.60. The second-order valence-corrected chi connectivity index (χ2v) is 13.7. The number of nitrogens with zero attached hydrogens (tertiary/aromatic N) is 2. The molecule has 6 aromatic rings. The molecular weight excluding hydrogens is 641 g/mol. The van der Waals surface area contributed by atoms with Crippen LogP contribution < -0.4 is 10.6 Å². The molecule has 2 N–H and O–H groups in total. The number of anilines is 4. The molecule has 6 aromatic carbocycles. The molecule has 0 radical (unpaired) electrons. The molecule has 7 nitrogen and oxygen atoms in total. The highest BCUT2D eigenvalue weighted by atomic mass is 32.2. The van der Waals surface area contributed by atoms with Gasteiger partial charge in [0.1, 0.15) is 17.9 Å². The van der Waals surface area contributed by atoms with Gasteiger partial charge in [-0.15, -0.1) is 0 Å². The van der Waals surface area contributed by atoms with E-state index < -0.39 is 15.4 Å². The number of rotatable bonds is 9. The van der Waals surface area contributed by atoms with Crippen LogP contribution in [0.4, 0.5) is 22.7 Å². The molecular formula is C42H30N4O3S. The van der Waals surface area contributed by atoms with Crippen molar-refractivity contribution < 1.29 is 13.2 Å². The van der Waals surface area contributed by atoms with Crippen molar-refractivity contribution in [2.24, 2.45) is 0 Å². The molecule has 242 valence electrons. The number of para-hydroxylation sites is 2. The van der Waals surface area contributed by atoms with E-state index in [1.165, 1.54) is 0 Å². The van der Waals surface area contributed by atoms with Crippen molar-refractivity contribution in [3.63, 3.8) is 0 Å². The van der Waals surface area contributed by atoms with Crippen molar-refractivity contribution in [3.8, 4) is 12.1 Å². The standard InChI is InChI=1S/C42H30N4O3S/c43-28-31-11-7-9-17-38(31)45-35-21-19-30(20-22-35)41-40(27-42(49-41,33-13-3-1-4-14-33)34-15-5-2-6-16-34)50(47,48)37-25-23-36(24-26-37)46-39-18-10-8-12-32(39)29-44/h1-26,45-46H,27H2. The van der Waals surface area contributed by atoms with Gasteiger partial charge in [0.2, 0.25) is 9.84 Å². The minimum atomic E-state index is -4.07. The third-order valence-corrected chi connectivity index (χ3v) is 10.6. The topological polar surface area (TPSA) is 115 Å². The zero-order valence-electron chi connectivity index (χ0n) is 26.7. The molecule has 0 atom stereocenters. The summed E-state index contributed by atoms with van der Waals surface area (Å²) in [6.07, 6.45) is 0.0732. The molecule has 0 saturated heterocycles. The van der Waals surface area contributed by atoms with Gasteiger partial charge in [0.15, 0.2) is 5.60 Å². The van der Waals surface area contributed by atoms with E-state index >= 15 is 0 Å². The maximum absolute atomic E-state index is 14.7.